The van der Waals surface area contributed by atoms with Gasteiger partial charge >= 0.3 is 0 Å². The van der Waals surface area contributed by atoms with Gasteiger partial charge in [-0.3, -0.25) is 0 Å². The number of hydrogen-bond acceptors (Lipinski definition) is 2. The first-order valence-electron chi connectivity index (χ1n) is 7.83. The van der Waals surface area contributed by atoms with Crippen molar-refractivity contribution in [2.24, 2.45) is 0 Å². The van der Waals surface area contributed by atoms with E-state index in [0.717, 1.165) is 19.7 Å². The fourth-order valence-corrected chi connectivity index (χ4v) is 3.16. The normalized spacial score (nSPS) is 20.0. The van der Waals surface area contributed by atoms with Crippen molar-refractivity contribution < 1.29 is 4.74 Å². The maximum absolute atomic E-state index is 5.89. The van der Waals surface area contributed by atoms with Crippen LogP contribution < -0.4 is 5.32 Å². The van der Waals surface area contributed by atoms with Crippen molar-refractivity contribution in [3.8, 4) is 0 Å². The second-order valence-corrected chi connectivity index (χ2v) is 5.70. The molecule has 1 atom stereocenters. The summed E-state index contributed by atoms with van der Waals surface area (Å²) >= 11 is 0. The van der Waals surface area contributed by atoms with Crippen LogP contribution in [-0.2, 0) is 4.74 Å². The van der Waals surface area contributed by atoms with E-state index in [1.807, 2.05) is 0 Å². The lowest BCUT2D eigenvalue weighted by atomic mass is 9.92. The minimum Gasteiger partial charge on any atom is -0.371 e. The van der Waals surface area contributed by atoms with Gasteiger partial charge < -0.3 is 10.1 Å². The number of benzene rings is 2. The molecule has 1 aliphatic heterocycles. The van der Waals surface area contributed by atoms with Crippen molar-refractivity contribution in [1.29, 1.82) is 0 Å². The zero-order chi connectivity index (χ0) is 14.8. The smallest absolute Gasteiger partial charge is 0.0890 e. The van der Waals surface area contributed by atoms with Gasteiger partial charge in [-0.25, -0.2) is 0 Å². The Kier molecular flexibility index (Phi) is 3.63. The van der Waals surface area contributed by atoms with Gasteiger partial charge in [0.1, 0.15) is 0 Å². The van der Waals surface area contributed by atoms with E-state index in [4.69, 9.17) is 4.74 Å². The molecule has 1 heterocycles. The first kappa shape index (κ1) is 13.5. The first-order valence-corrected chi connectivity index (χ1v) is 7.83. The van der Waals surface area contributed by atoms with Gasteiger partial charge in [-0.1, -0.05) is 60.7 Å². The van der Waals surface area contributed by atoms with Crippen LogP contribution in [0.5, 0.6) is 0 Å². The second-order valence-electron chi connectivity index (χ2n) is 5.70. The van der Waals surface area contributed by atoms with E-state index in [1.165, 1.54) is 27.8 Å². The summed E-state index contributed by atoms with van der Waals surface area (Å²) in [6, 6.07) is 17.1. The van der Waals surface area contributed by atoms with Crippen LogP contribution in [0.1, 0.15) is 22.3 Å². The van der Waals surface area contributed by atoms with Crippen molar-refractivity contribution in [2.45, 2.75) is 6.10 Å². The van der Waals surface area contributed by atoms with Gasteiger partial charge in [0, 0.05) is 13.1 Å². The zero-order valence-corrected chi connectivity index (χ0v) is 12.5. The minimum absolute atomic E-state index is 0.128. The number of nitrogens with one attached hydrogen (secondary N) is 1. The predicted octanol–water partition coefficient (Wildman–Crippen LogP) is 3.59. The summed E-state index contributed by atoms with van der Waals surface area (Å²) in [6.07, 6.45) is 6.81. The minimum atomic E-state index is 0.128. The summed E-state index contributed by atoms with van der Waals surface area (Å²) in [4.78, 5) is 0. The Bertz CT molecular complexity index is 687. The fourth-order valence-electron chi connectivity index (χ4n) is 3.16. The van der Waals surface area contributed by atoms with Gasteiger partial charge in [-0.15, -0.1) is 0 Å². The van der Waals surface area contributed by atoms with Gasteiger partial charge in [0.05, 0.1) is 12.7 Å². The lowest BCUT2D eigenvalue weighted by Crippen LogP contribution is -2.37. The molecule has 4 rings (SSSR count). The lowest BCUT2D eigenvalue weighted by Gasteiger charge is -2.23. The Balaban J connectivity index is 1.88. The van der Waals surface area contributed by atoms with Crippen LogP contribution in [-0.4, -0.2) is 25.8 Å². The highest BCUT2D eigenvalue weighted by Crippen LogP contribution is 2.34. The molecule has 0 radical (unpaired) electrons. The third-order valence-corrected chi connectivity index (χ3v) is 4.25. The van der Waals surface area contributed by atoms with Crippen molar-refractivity contribution in [2.75, 3.05) is 19.7 Å². The molecule has 1 saturated heterocycles. The SMILES string of the molecule is C1=Cc2ccccc2C(=CC2CNCCO2)c2ccccc21. The summed E-state index contributed by atoms with van der Waals surface area (Å²) in [5.74, 6) is 0. The first-order chi connectivity index (χ1) is 10.9. The van der Waals surface area contributed by atoms with Crippen LogP contribution >= 0.6 is 0 Å². The largest absolute Gasteiger partial charge is 0.371 e. The highest BCUT2D eigenvalue weighted by Gasteiger charge is 2.18. The zero-order valence-electron chi connectivity index (χ0n) is 12.5. The maximum atomic E-state index is 5.89. The molecule has 0 bridgehead atoms. The molecular weight excluding hydrogens is 270 g/mol. The molecule has 1 aliphatic carbocycles. The summed E-state index contributed by atoms with van der Waals surface area (Å²) in [7, 11) is 0. The lowest BCUT2D eigenvalue weighted by molar-refractivity contribution is 0.0595. The fraction of sp³-hybridized carbons (Fsp3) is 0.200. The molecule has 1 N–H and O–H groups in total. The van der Waals surface area contributed by atoms with E-state index >= 15 is 0 Å². The molecule has 0 aromatic heterocycles. The summed E-state index contributed by atoms with van der Waals surface area (Å²) in [5, 5.41) is 3.40. The molecule has 0 spiro atoms. The van der Waals surface area contributed by atoms with Crippen LogP contribution in [0.25, 0.3) is 17.7 Å². The standard InChI is InChI=1S/C20H19NO/c1-3-7-18-15(5-1)9-10-16-6-2-4-8-19(16)20(18)13-17-14-21-11-12-22-17/h1-10,13,17,21H,11-12,14H2. The summed E-state index contributed by atoms with van der Waals surface area (Å²) < 4.78 is 5.89. The molecule has 2 heteroatoms. The average molecular weight is 289 g/mol. The second kappa shape index (κ2) is 5.91. The van der Waals surface area contributed by atoms with Gasteiger partial charge in [-0.2, -0.15) is 0 Å². The predicted molar refractivity (Wildman–Crippen MR) is 91.5 cm³/mol. The number of ether oxygens (including phenoxy) is 1. The Labute approximate surface area is 131 Å². The van der Waals surface area contributed by atoms with E-state index < -0.39 is 0 Å². The van der Waals surface area contributed by atoms with E-state index in [0.29, 0.717) is 0 Å². The van der Waals surface area contributed by atoms with Crippen molar-refractivity contribution >= 4 is 17.7 Å². The third kappa shape index (κ3) is 2.52. The molecule has 0 amide bonds. The van der Waals surface area contributed by atoms with Crippen LogP contribution in [0.15, 0.2) is 54.6 Å². The molecule has 2 aromatic rings. The van der Waals surface area contributed by atoms with E-state index in [-0.39, 0.29) is 6.10 Å². The van der Waals surface area contributed by atoms with Crippen molar-refractivity contribution in [3.63, 3.8) is 0 Å². The molecule has 22 heavy (non-hydrogen) atoms. The average Bonchev–Trinajstić information content (AvgIpc) is 2.74. The number of morpholine rings is 1. The highest BCUT2D eigenvalue weighted by atomic mass is 16.5. The number of hydrogen-bond donors (Lipinski definition) is 1. The topological polar surface area (TPSA) is 21.3 Å². The van der Waals surface area contributed by atoms with Gasteiger partial charge in [0.25, 0.3) is 0 Å². The quantitative estimate of drug-likeness (QED) is 0.739. The van der Waals surface area contributed by atoms with Crippen LogP contribution in [0.4, 0.5) is 0 Å². The third-order valence-electron chi connectivity index (χ3n) is 4.25. The van der Waals surface area contributed by atoms with Crippen molar-refractivity contribution in [3.05, 3.63) is 76.9 Å². The number of rotatable bonds is 1. The molecule has 0 saturated carbocycles. The van der Waals surface area contributed by atoms with Gasteiger partial charge in [0.15, 0.2) is 0 Å². The van der Waals surface area contributed by atoms with Crippen LogP contribution in [0.2, 0.25) is 0 Å². The number of fused-ring (bicyclic) bond motifs is 2. The van der Waals surface area contributed by atoms with Gasteiger partial charge in [-0.05, 0) is 33.9 Å². The molecule has 110 valence electrons. The van der Waals surface area contributed by atoms with E-state index in [9.17, 15) is 0 Å². The van der Waals surface area contributed by atoms with E-state index in [1.54, 1.807) is 0 Å². The summed E-state index contributed by atoms with van der Waals surface area (Å²) in [5.41, 5.74) is 6.34. The van der Waals surface area contributed by atoms with Crippen LogP contribution in [0.3, 0.4) is 0 Å². The molecule has 2 aliphatic rings. The van der Waals surface area contributed by atoms with Crippen molar-refractivity contribution in [1.82, 2.24) is 5.32 Å². The molecule has 1 unspecified atom stereocenters. The Hall–Kier alpha value is -2.16. The summed E-state index contributed by atoms with van der Waals surface area (Å²) in [6.45, 7) is 2.59. The Morgan fingerprint density at radius 2 is 1.55 bits per heavy atom. The maximum Gasteiger partial charge on any atom is 0.0890 e. The monoisotopic (exact) mass is 289 g/mol. The highest BCUT2D eigenvalue weighted by molar-refractivity contribution is 5.93. The van der Waals surface area contributed by atoms with Gasteiger partial charge in [0.2, 0.25) is 0 Å². The molecule has 1 fully saturated rings. The Morgan fingerprint density at radius 1 is 0.909 bits per heavy atom. The van der Waals surface area contributed by atoms with Crippen LogP contribution in [0, 0.1) is 0 Å². The molecular formula is C20H19NO. The van der Waals surface area contributed by atoms with E-state index in [2.05, 4.69) is 72.1 Å². The Morgan fingerprint density at radius 3 is 2.14 bits per heavy atom. The molecule has 2 nitrogen and oxygen atoms in total. The molecule has 2 aromatic carbocycles.